The molecule has 1 aliphatic carbocycles. The number of hydrogen-bond donors (Lipinski definition) is 0. The third-order valence-corrected chi connectivity index (χ3v) is 7.67. The second-order valence-electron chi connectivity index (χ2n) is 9.97. The van der Waals surface area contributed by atoms with Crippen LogP contribution in [0.5, 0.6) is 17.2 Å². The number of rotatable bonds is 3. The lowest BCUT2D eigenvalue weighted by Gasteiger charge is -2.38. The SMILES string of the molecule is COc1cc([C@@H]2c3cc4c(cc3[C@H](OC(C)=O)[C@@H]3COC(=O)[C@@H]23)OCO4)cc2nc3cc(C)ccc3nc12. The summed E-state index contributed by atoms with van der Waals surface area (Å²) in [5.41, 5.74) is 6.33. The minimum Gasteiger partial charge on any atom is -0.494 e. The summed E-state index contributed by atoms with van der Waals surface area (Å²) in [7, 11) is 1.59. The van der Waals surface area contributed by atoms with Crippen LogP contribution in [0.4, 0.5) is 0 Å². The molecular formula is C29H24N2O7. The smallest absolute Gasteiger partial charge is 0.310 e. The van der Waals surface area contributed by atoms with E-state index in [1.54, 1.807) is 7.11 Å². The van der Waals surface area contributed by atoms with Crippen molar-refractivity contribution in [2.45, 2.75) is 25.9 Å². The Balaban J connectivity index is 1.48. The van der Waals surface area contributed by atoms with Crippen molar-refractivity contribution >= 4 is 34.0 Å². The zero-order valence-electron chi connectivity index (χ0n) is 21.0. The number of carbonyl (C=O) groups is 2. The number of ether oxygens (including phenoxy) is 5. The first kappa shape index (κ1) is 22.8. The van der Waals surface area contributed by atoms with Gasteiger partial charge in [-0.1, -0.05) is 6.07 Å². The number of hydrogen-bond acceptors (Lipinski definition) is 9. The zero-order valence-corrected chi connectivity index (χ0v) is 21.0. The highest BCUT2D eigenvalue weighted by Crippen LogP contribution is 2.55. The number of carbonyl (C=O) groups excluding carboxylic acids is 2. The van der Waals surface area contributed by atoms with E-state index in [0.717, 1.165) is 33.3 Å². The summed E-state index contributed by atoms with van der Waals surface area (Å²) in [6.45, 7) is 3.63. The summed E-state index contributed by atoms with van der Waals surface area (Å²) in [5, 5.41) is 0. The zero-order chi connectivity index (χ0) is 26.1. The van der Waals surface area contributed by atoms with Crippen LogP contribution >= 0.6 is 0 Å². The molecule has 7 rings (SSSR count). The van der Waals surface area contributed by atoms with E-state index in [9.17, 15) is 9.59 Å². The maximum Gasteiger partial charge on any atom is 0.310 e. The van der Waals surface area contributed by atoms with Gasteiger partial charge in [0.15, 0.2) is 11.5 Å². The number of aryl methyl sites for hydroxylation is 1. The fourth-order valence-corrected chi connectivity index (χ4v) is 6.06. The average molecular weight is 513 g/mol. The Morgan fingerprint density at radius 3 is 2.50 bits per heavy atom. The van der Waals surface area contributed by atoms with E-state index in [1.807, 2.05) is 49.4 Å². The van der Waals surface area contributed by atoms with Crippen molar-refractivity contribution in [2.75, 3.05) is 20.5 Å². The maximum absolute atomic E-state index is 13.2. The second kappa shape index (κ2) is 8.31. The monoisotopic (exact) mass is 512 g/mol. The van der Waals surface area contributed by atoms with E-state index >= 15 is 0 Å². The van der Waals surface area contributed by atoms with Gasteiger partial charge in [-0.15, -0.1) is 0 Å². The van der Waals surface area contributed by atoms with Gasteiger partial charge in [0.05, 0.1) is 36.2 Å². The van der Waals surface area contributed by atoms with Crippen LogP contribution in [0.2, 0.25) is 0 Å². The van der Waals surface area contributed by atoms with Crippen LogP contribution in [0.1, 0.15) is 41.2 Å². The summed E-state index contributed by atoms with van der Waals surface area (Å²) in [6.07, 6.45) is -0.654. The summed E-state index contributed by atoms with van der Waals surface area (Å²) in [6, 6.07) is 13.5. The molecule has 38 heavy (non-hydrogen) atoms. The molecule has 0 bridgehead atoms. The van der Waals surface area contributed by atoms with Crippen LogP contribution in [0.25, 0.3) is 22.1 Å². The molecule has 0 amide bonds. The Hall–Kier alpha value is -4.40. The van der Waals surface area contributed by atoms with Crippen LogP contribution in [0.15, 0.2) is 42.5 Å². The van der Waals surface area contributed by atoms with Crippen molar-refractivity contribution in [1.82, 2.24) is 9.97 Å². The molecule has 192 valence electrons. The van der Waals surface area contributed by atoms with Crippen LogP contribution in [-0.2, 0) is 19.1 Å². The first-order valence-electron chi connectivity index (χ1n) is 12.4. The Kier molecular flexibility index (Phi) is 4.98. The predicted octanol–water partition coefficient (Wildman–Crippen LogP) is 4.37. The normalized spacial score (nSPS) is 23.2. The van der Waals surface area contributed by atoms with Gasteiger partial charge in [0.1, 0.15) is 17.4 Å². The molecule has 1 aromatic heterocycles. The predicted molar refractivity (Wildman–Crippen MR) is 135 cm³/mol. The van der Waals surface area contributed by atoms with E-state index in [2.05, 4.69) is 0 Å². The molecule has 0 saturated carbocycles. The highest BCUT2D eigenvalue weighted by atomic mass is 16.7. The van der Waals surface area contributed by atoms with Crippen LogP contribution < -0.4 is 14.2 Å². The summed E-state index contributed by atoms with van der Waals surface area (Å²) >= 11 is 0. The van der Waals surface area contributed by atoms with E-state index in [0.29, 0.717) is 28.3 Å². The highest BCUT2D eigenvalue weighted by Gasteiger charge is 2.54. The molecule has 4 aromatic rings. The lowest BCUT2D eigenvalue weighted by Crippen LogP contribution is -2.36. The van der Waals surface area contributed by atoms with E-state index in [1.165, 1.54) is 6.92 Å². The van der Waals surface area contributed by atoms with Crippen molar-refractivity contribution in [2.24, 2.45) is 11.8 Å². The van der Waals surface area contributed by atoms with Crippen molar-refractivity contribution in [3.05, 3.63) is 64.7 Å². The average Bonchev–Trinajstić information content (AvgIpc) is 3.52. The molecule has 1 fully saturated rings. The number of benzene rings is 3. The molecule has 0 spiro atoms. The molecule has 0 N–H and O–H groups in total. The van der Waals surface area contributed by atoms with E-state index in [4.69, 9.17) is 33.7 Å². The number of fused-ring (bicyclic) bond motifs is 5. The number of esters is 2. The Labute approximate surface area is 217 Å². The van der Waals surface area contributed by atoms with Gasteiger partial charge >= 0.3 is 11.9 Å². The lowest BCUT2D eigenvalue weighted by molar-refractivity contribution is -0.152. The van der Waals surface area contributed by atoms with E-state index < -0.39 is 23.9 Å². The van der Waals surface area contributed by atoms with Crippen LogP contribution in [-0.4, -0.2) is 42.4 Å². The van der Waals surface area contributed by atoms with Gasteiger partial charge in [0.25, 0.3) is 0 Å². The molecule has 9 heteroatoms. The molecule has 4 atom stereocenters. The third-order valence-electron chi connectivity index (χ3n) is 7.67. The number of aromatic nitrogens is 2. The largest absolute Gasteiger partial charge is 0.494 e. The van der Waals surface area contributed by atoms with Gasteiger partial charge in [-0.05, 0) is 60.0 Å². The molecule has 3 heterocycles. The van der Waals surface area contributed by atoms with Crippen LogP contribution in [0.3, 0.4) is 0 Å². The first-order valence-corrected chi connectivity index (χ1v) is 12.4. The number of cyclic esters (lactones) is 1. The fourth-order valence-electron chi connectivity index (χ4n) is 6.06. The fraction of sp³-hybridized carbons (Fsp3) is 0.310. The van der Waals surface area contributed by atoms with E-state index in [-0.39, 0.29) is 25.3 Å². The molecule has 0 radical (unpaired) electrons. The maximum atomic E-state index is 13.2. The van der Waals surface area contributed by atoms with Gasteiger partial charge in [0.2, 0.25) is 6.79 Å². The highest BCUT2D eigenvalue weighted by molar-refractivity contribution is 5.91. The van der Waals surface area contributed by atoms with Crippen LogP contribution in [0, 0.1) is 18.8 Å². The Morgan fingerprint density at radius 1 is 0.947 bits per heavy atom. The Morgan fingerprint density at radius 2 is 1.74 bits per heavy atom. The van der Waals surface area contributed by atoms with Gasteiger partial charge in [-0.2, -0.15) is 0 Å². The minimum atomic E-state index is -0.654. The minimum absolute atomic E-state index is 0.0991. The molecular weight excluding hydrogens is 488 g/mol. The van der Waals surface area contributed by atoms with Crippen molar-refractivity contribution in [3.63, 3.8) is 0 Å². The third kappa shape index (κ3) is 3.38. The summed E-state index contributed by atoms with van der Waals surface area (Å²) in [5.74, 6) is -0.415. The lowest BCUT2D eigenvalue weighted by atomic mass is 9.66. The second-order valence-corrected chi connectivity index (χ2v) is 9.97. The molecule has 1 saturated heterocycles. The quantitative estimate of drug-likeness (QED) is 0.292. The van der Waals surface area contributed by atoms with Gasteiger partial charge < -0.3 is 23.7 Å². The summed E-state index contributed by atoms with van der Waals surface area (Å²) in [4.78, 5) is 35.0. The van der Waals surface area contributed by atoms with Crippen molar-refractivity contribution < 1.29 is 33.3 Å². The number of methoxy groups -OCH3 is 1. The Bertz CT molecular complexity index is 1670. The van der Waals surface area contributed by atoms with Crippen molar-refractivity contribution in [1.29, 1.82) is 0 Å². The first-order chi connectivity index (χ1) is 18.4. The van der Waals surface area contributed by atoms with Gasteiger partial charge in [0, 0.05) is 24.3 Å². The molecule has 0 unspecified atom stereocenters. The molecule has 2 aliphatic heterocycles. The standard InChI is InChI=1S/C29H24N2O7/c1-13-4-5-19-20(6-13)30-21-7-15(8-24(34-3)27(21)31-19)25-16-9-22-23(37-12-36-22)10-17(16)28(38-14(2)32)18-11-35-29(33)26(18)25/h4-10,18,25-26,28H,11-12H2,1-3H3/t18-,25-,26-,28+/m1/s1. The van der Waals surface area contributed by atoms with Gasteiger partial charge in [-0.25, -0.2) is 9.97 Å². The topological polar surface area (TPSA) is 106 Å². The number of nitrogens with zero attached hydrogens (tertiary/aromatic N) is 2. The molecule has 3 aliphatic rings. The molecule has 9 nitrogen and oxygen atoms in total. The van der Waals surface area contributed by atoms with Crippen molar-refractivity contribution in [3.8, 4) is 17.2 Å². The summed E-state index contributed by atoms with van der Waals surface area (Å²) < 4.78 is 28.4. The van der Waals surface area contributed by atoms with Gasteiger partial charge in [-0.3, -0.25) is 9.59 Å². The molecule has 3 aromatic carbocycles.